The molecule has 0 unspecified atom stereocenters. The van der Waals surface area contributed by atoms with Crippen molar-refractivity contribution in [2.75, 3.05) is 4.81 Å². The number of benzene rings is 7. The van der Waals surface area contributed by atoms with Crippen LogP contribution >= 0.6 is 0 Å². The van der Waals surface area contributed by atoms with Gasteiger partial charge in [0, 0.05) is 22.5 Å². The second kappa shape index (κ2) is 10.0. The summed E-state index contributed by atoms with van der Waals surface area (Å²) in [6.45, 7) is 0.0648. The molecule has 9 rings (SSSR count). The normalized spacial score (nSPS) is 12.5. The molecular formula is C42H28BN. The first-order valence-electron chi connectivity index (χ1n) is 15.3. The predicted octanol–water partition coefficient (Wildman–Crippen LogP) is 9.59. The third-order valence-corrected chi connectivity index (χ3v) is 9.27. The number of hydrogen-bond acceptors (Lipinski definition) is 1. The Kier molecular flexibility index (Phi) is 5.67. The maximum Gasteiger partial charge on any atom is 0.329 e. The van der Waals surface area contributed by atoms with E-state index in [-0.39, 0.29) is 6.85 Å². The van der Waals surface area contributed by atoms with Crippen LogP contribution in [0, 0.1) is 0 Å². The summed E-state index contributed by atoms with van der Waals surface area (Å²) in [5.74, 6) is 0. The molecular weight excluding hydrogens is 529 g/mol. The molecule has 2 aliphatic heterocycles. The Bertz CT molecular complexity index is 2170. The van der Waals surface area contributed by atoms with Gasteiger partial charge in [-0.25, -0.2) is 0 Å². The molecule has 1 nitrogen and oxygen atoms in total. The standard InChI is InChI=1S/C42H28BN/c1-4-12-29(13-5-1)32-21-24-41-37(26-32)35-18-10-11-19-39(35)43-40-28-34(31-16-8-3-9-17-31)20-23-36(40)38-27-33(22-25-42(38)44(41)43)30-14-6-2-7-15-30/h1-28H. The van der Waals surface area contributed by atoms with Gasteiger partial charge in [-0.1, -0.05) is 146 Å². The lowest BCUT2D eigenvalue weighted by Crippen LogP contribution is -2.59. The third-order valence-electron chi connectivity index (χ3n) is 9.27. The van der Waals surface area contributed by atoms with Gasteiger partial charge in [0.15, 0.2) is 0 Å². The highest BCUT2D eigenvalue weighted by Gasteiger charge is 2.42. The first-order valence-corrected chi connectivity index (χ1v) is 15.3. The fourth-order valence-corrected chi connectivity index (χ4v) is 7.22. The van der Waals surface area contributed by atoms with Crippen LogP contribution in [0.4, 0.5) is 11.4 Å². The van der Waals surface area contributed by atoms with Gasteiger partial charge in [0.2, 0.25) is 0 Å². The first-order chi connectivity index (χ1) is 21.8. The highest BCUT2D eigenvalue weighted by Crippen LogP contribution is 2.48. The van der Waals surface area contributed by atoms with Crippen LogP contribution in [0.5, 0.6) is 0 Å². The minimum absolute atomic E-state index is 0.0648. The van der Waals surface area contributed by atoms with Gasteiger partial charge in [-0.15, -0.1) is 0 Å². The molecule has 44 heavy (non-hydrogen) atoms. The molecule has 7 aromatic rings. The molecule has 0 saturated heterocycles. The molecule has 0 radical (unpaired) electrons. The van der Waals surface area contributed by atoms with Crippen LogP contribution in [-0.4, -0.2) is 6.85 Å². The SMILES string of the molecule is c1ccc(-c2ccc3c(c2)B2c4ccccc4-c4cc(-c5ccccc5)ccc4N2c2ccc(-c4ccccc4)cc2-3)cc1. The van der Waals surface area contributed by atoms with Crippen molar-refractivity contribution in [3.63, 3.8) is 0 Å². The van der Waals surface area contributed by atoms with Gasteiger partial charge in [0.25, 0.3) is 0 Å². The van der Waals surface area contributed by atoms with E-state index in [1.807, 2.05) is 0 Å². The summed E-state index contributed by atoms with van der Waals surface area (Å²) in [6.07, 6.45) is 0. The largest absolute Gasteiger partial charge is 0.376 e. The Morgan fingerprint density at radius 2 is 0.727 bits per heavy atom. The van der Waals surface area contributed by atoms with E-state index >= 15 is 0 Å². The topological polar surface area (TPSA) is 3.24 Å². The van der Waals surface area contributed by atoms with Crippen LogP contribution in [0.2, 0.25) is 0 Å². The average Bonchev–Trinajstić information content (AvgIpc) is 3.12. The highest BCUT2D eigenvalue weighted by atomic mass is 15.1. The fraction of sp³-hybridized carbons (Fsp3) is 0. The Labute approximate surface area is 258 Å². The van der Waals surface area contributed by atoms with Gasteiger partial charge in [0.05, 0.1) is 0 Å². The van der Waals surface area contributed by atoms with Crippen molar-refractivity contribution < 1.29 is 0 Å². The summed E-state index contributed by atoms with van der Waals surface area (Å²) >= 11 is 0. The number of fused-ring (bicyclic) bond motifs is 11. The lowest BCUT2D eigenvalue weighted by Gasteiger charge is -2.43. The molecule has 0 saturated carbocycles. The van der Waals surface area contributed by atoms with E-state index in [2.05, 4.69) is 175 Å². The van der Waals surface area contributed by atoms with Crippen molar-refractivity contribution >= 4 is 29.1 Å². The summed E-state index contributed by atoms with van der Waals surface area (Å²) < 4.78 is 0. The molecule has 0 atom stereocenters. The summed E-state index contributed by atoms with van der Waals surface area (Å²) in [5.41, 5.74) is 17.8. The Hall–Kier alpha value is -5.60. The van der Waals surface area contributed by atoms with Gasteiger partial charge in [-0.3, -0.25) is 0 Å². The molecule has 2 heterocycles. The van der Waals surface area contributed by atoms with Crippen LogP contribution in [0.25, 0.3) is 55.6 Å². The molecule has 0 aliphatic carbocycles. The first kappa shape index (κ1) is 25.0. The molecule has 0 amide bonds. The van der Waals surface area contributed by atoms with Crippen LogP contribution in [-0.2, 0) is 0 Å². The van der Waals surface area contributed by atoms with Crippen LogP contribution in [0.3, 0.4) is 0 Å². The van der Waals surface area contributed by atoms with Crippen LogP contribution < -0.4 is 15.7 Å². The van der Waals surface area contributed by atoms with Crippen LogP contribution in [0.15, 0.2) is 170 Å². The van der Waals surface area contributed by atoms with Gasteiger partial charge >= 0.3 is 6.85 Å². The minimum Gasteiger partial charge on any atom is -0.376 e. The Morgan fingerprint density at radius 1 is 0.295 bits per heavy atom. The lowest BCUT2D eigenvalue weighted by molar-refractivity contribution is 1.35. The van der Waals surface area contributed by atoms with Gasteiger partial charge < -0.3 is 4.81 Å². The molecule has 0 bridgehead atoms. The van der Waals surface area contributed by atoms with Crippen molar-refractivity contribution in [3.8, 4) is 55.6 Å². The molecule has 2 aliphatic rings. The van der Waals surface area contributed by atoms with Crippen molar-refractivity contribution in [1.29, 1.82) is 0 Å². The van der Waals surface area contributed by atoms with Gasteiger partial charge in [0.1, 0.15) is 0 Å². The molecule has 0 N–H and O–H groups in total. The van der Waals surface area contributed by atoms with E-state index in [4.69, 9.17) is 0 Å². The predicted molar refractivity (Wildman–Crippen MR) is 187 cm³/mol. The molecule has 204 valence electrons. The minimum atomic E-state index is 0.0648. The lowest BCUT2D eigenvalue weighted by atomic mass is 9.43. The second-order valence-corrected chi connectivity index (χ2v) is 11.7. The third kappa shape index (κ3) is 3.88. The van der Waals surface area contributed by atoms with Crippen molar-refractivity contribution in [3.05, 3.63) is 170 Å². The zero-order valence-corrected chi connectivity index (χ0v) is 24.2. The summed E-state index contributed by atoms with van der Waals surface area (Å²) in [5, 5.41) is 0. The van der Waals surface area contributed by atoms with E-state index in [1.165, 1.54) is 77.9 Å². The fourth-order valence-electron chi connectivity index (χ4n) is 7.22. The molecule has 0 fully saturated rings. The average molecular weight is 558 g/mol. The van der Waals surface area contributed by atoms with Crippen LogP contribution in [0.1, 0.15) is 0 Å². The van der Waals surface area contributed by atoms with Crippen molar-refractivity contribution in [2.24, 2.45) is 0 Å². The monoisotopic (exact) mass is 557 g/mol. The zero-order valence-electron chi connectivity index (χ0n) is 24.2. The van der Waals surface area contributed by atoms with Crippen molar-refractivity contribution in [1.82, 2.24) is 0 Å². The molecule has 0 aromatic heterocycles. The Morgan fingerprint density at radius 3 is 1.27 bits per heavy atom. The summed E-state index contributed by atoms with van der Waals surface area (Å²) in [7, 11) is 0. The van der Waals surface area contributed by atoms with Gasteiger partial charge in [-0.05, 0) is 79.7 Å². The quantitative estimate of drug-likeness (QED) is 0.196. The second-order valence-electron chi connectivity index (χ2n) is 11.7. The number of hydrogen-bond donors (Lipinski definition) is 0. The van der Waals surface area contributed by atoms with Gasteiger partial charge in [-0.2, -0.15) is 0 Å². The smallest absolute Gasteiger partial charge is 0.329 e. The maximum absolute atomic E-state index is 2.59. The van der Waals surface area contributed by atoms with E-state index in [1.54, 1.807) is 0 Å². The summed E-state index contributed by atoms with van der Waals surface area (Å²) in [4.78, 5) is 2.59. The molecule has 7 aromatic carbocycles. The van der Waals surface area contributed by atoms with E-state index in [9.17, 15) is 0 Å². The number of rotatable bonds is 3. The van der Waals surface area contributed by atoms with Crippen molar-refractivity contribution in [2.45, 2.75) is 0 Å². The number of anilines is 2. The zero-order chi connectivity index (χ0) is 29.0. The molecule has 0 spiro atoms. The van der Waals surface area contributed by atoms with E-state index in [0.717, 1.165) is 0 Å². The maximum atomic E-state index is 2.59. The van der Waals surface area contributed by atoms with E-state index in [0.29, 0.717) is 0 Å². The molecule has 2 heteroatoms. The van der Waals surface area contributed by atoms with E-state index < -0.39 is 0 Å². The summed E-state index contributed by atoms with van der Waals surface area (Å²) in [6, 6.07) is 62.2. The highest BCUT2D eigenvalue weighted by molar-refractivity contribution is 6.92. The Balaban J connectivity index is 1.32. The number of nitrogens with zero attached hydrogens (tertiary/aromatic N) is 1.